The Kier molecular flexibility index (Phi) is 6.84. The smallest absolute Gasteiger partial charge is 0.282 e. The van der Waals surface area contributed by atoms with E-state index in [4.69, 9.17) is 9.72 Å². The minimum absolute atomic E-state index is 0.0444. The number of nitrogens with zero attached hydrogens (tertiary/aromatic N) is 4. The molecule has 1 aliphatic rings. The summed E-state index contributed by atoms with van der Waals surface area (Å²) in [5.41, 5.74) is 2.19. The van der Waals surface area contributed by atoms with E-state index in [1.807, 2.05) is 42.5 Å². The molecule has 3 aromatic carbocycles. The summed E-state index contributed by atoms with van der Waals surface area (Å²) < 4.78 is 7.33. The highest BCUT2D eigenvalue weighted by Gasteiger charge is 2.22. The molecule has 1 fully saturated rings. The molecule has 0 atom stereocenters. The number of benzene rings is 3. The second kappa shape index (κ2) is 10.5. The Labute approximate surface area is 208 Å². The van der Waals surface area contributed by atoms with Gasteiger partial charge in [0, 0.05) is 18.1 Å². The maximum atomic E-state index is 13.3. The van der Waals surface area contributed by atoms with Gasteiger partial charge in [-0.1, -0.05) is 43.5 Å². The summed E-state index contributed by atoms with van der Waals surface area (Å²) in [5.74, 6) is 1.57. The van der Waals surface area contributed by atoms with Gasteiger partial charge in [-0.25, -0.2) is 4.98 Å². The Bertz CT molecular complexity index is 1470. The minimum Gasteiger partial charge on any atom is -0.489 e. The fraction of sp³-hybridized carbons (Fsp3) is 0.250. The second-order valence-electron chi connectivity index (χ2n) is 8.97. The molecule has 0 unspecified atom stereocenters. The number of nitro groups is 1. The van der Waals surface area contributed by atoms with E-state index >= 15 is 0 Å². The van der Waals surface area contributed by atoms with Crippen LogP contribution in [0.1, 0.15) is 55.0 Å². The summed E-state index contributed by atoms with van der Waals surface area (Å²) in [5, 5.41) is 16.0. The summed E-state index contributed by atoms with van der Waals surface area (Å²) in [6, 6.07) is 21.1. The molecule has 0 saturated heterocycles. The molecule has 8 nitrogen and oxygen atoms in total. The molecule has 182 valence electrons. The molecule has 1 aliphatic carbocycles. The van der Waals surface area contributed by atoms with Gasteiger partial charge in [-0.2, -0.15) is 9.78 Å². The zero-order chi connectivity index (χ0) is 24.9. The number of ether oxygens (including phenoxy) is 1. The lowest BCUT2D eigenvalue weighted by Gasteiger charge is -2.22. The number of para-hydroxylation sites is 1. The van der Waals surface area contributed by atoms with E-state index in [1.54, 1.807) is 24.4 Å². The van der Waals surface area contributed by atoms with Gasteiger partial charge in [-0.3, -0.25) is 14.9 Å². The van der Waals surface area contributed by atoms with Gasteiger partial charge in [-0.15, -0.1) is 0 Å². The Morgan fingerprint density at radius 1 is 1.03 bits per heavy atom. The third-order valence-corrected chi connectivity index (χ3v) is 6.48. The molecule has 1 saturated carbocycles. The number of nitro benzene ring substituents is 1. The van der Waals surface area contributed by atoms with Crippen LogP contribution in [0.3, 0.4) is 0 Å². The molecular weight excluding hydrogens is 456 g/mol. The Morgan fingerprint density at radius 3 is 2.58 bits per heavy atom. The van der Waals surface area contributed by atoms with Crippen LogP contribution in [0.5, 0.6) is 5.75 Å². The fourth-order valence-corrected chi connectivity index (χ4v) is 4.57. The predicted octanol–water partition coefficient (Wildman–Crippen LogP) is 5.81. The molecule has 1 heterocycles. The summed E-state index contributed by atoms with van der Waals surface area (Å²) >= 11 is 0. The van der Waals surface area contributed by atoms with Crippen molar-refractivity contribution in [2.45, 2.75) is 44.6 Å². The first-order chi connectivity index (χ1) is 17.6. The molecule has 4 aromatic rings. The molecule has 0 radical (unpaired) electrons. The Morgan fingerprint density at radius 2 is 1.81 bits per heavy atom. The standard InChI is InChI=1S/C28H26N4O4/c33-28-25-11-4-5-12-26(25)30-27(22-8-2-1-3-9-22)31(28)29-18-21-7-6-10-24(17-21)36-19-20-13-15-23(16-14-20)32(34)35/h4-7,10-18,22H,1-3,8-9,19H2. The minimum atomic E-state index is -0.427. The third-order valence-electron chi connectivity index (χ3n) is 6.48. The van der Waals surface area contributed by atoms with Crippen LogP contribution in [-0.4, -0.2) is 20.8 Å². The van der Waals surface area contributed by atoms with E-state index in [1.165, 1.54) is 23.2 Å². The van der Waals surface area contributed by atoms with Crippen molar-refractivity contribution in [1.29, 1.82) is 0 Å². The number of hydrogen-bond donors (Lipinski definition) is 0. The van der Waals surface area contributed by atoms with E-state index < -0.39 is 4.92 Å². The first-order valence-electron chi connectivity index (χ1n) is 12.1. The molecule has 0 bridgehead atoms. The monoisotopic (exact) mass is 482 g/mol. The molecule has 36 heavy (non-hydrogen) atoms. The maximum Gasteiger partial charge on any atom is 0.282 e. The molecule has 8 heteroatoms. The zero-order valence-electron chi connectivity index (χ0n) is 19.7. The zero-order valence-corrected chi connectivity index (χ0v) is 19.7. The van der Waals surface area contributed by atoms with E-state index in [-0.39, 0.29) is 23.8 Å². The van der Waals surface area contributed by atoms with Crippen molar-refractivity contribution in [1.82, 2.24) is 9.66 Å². The van der Waals surface area contributed by atoms with Crippen molar-refractivity contribution < 1.29 is 9.66 Å². The van der Waals surface area contributed by atoms with Crippen LogP contribution < -0.4 is 10.3 Å². The van der Waals surface area contributed by atoms with Gasteiger partial charge < -0.3 is 4.74 Å². The van der Waals surface area contributed by atoms with Gasteiger partial charge in [0.15, 0.2) is 0 Å². The number of aromatic nitrogens is 2. The van der Waals surface area contributed by atoms with Gasteiger partial charge in [0.1, 0.15) is 18.2 Å². The highest BCUT2D eigenvalue weighted by Crippen LogP contribution is 2.31. The van der Waals surface area contributed by atoms with E-state index in [0.29, 0.717) is 16.7 Å². The molecule has 0 amide bonds. The predicted molar refractivity (Wildman–Crippen MR) is 139 cm³/mol. The van der Waals surface area contributed by atoms with Gasteiger partial charge in [-0.05, 0) is 60.4 Å². The summed E-state index contributed by atoms with van der Waals surface area (Å²) in [6.07, 6.45) is 7.14. The number of fused-ring (bicyclic) bond motifs is 1. The largest absolute Gasteiger partial charge is 0.489 e. The quantitative estimate of drug-likeness (QED) is 0.188. The average Bonchev–Trinajstić information content (AvgIpc) is 2.92. The summed E-state index contributed by atoms with van der Waals surface area (Å²) in [4.78, 5) is 28.6. The number of rotatable bonds is 7. The van der Waals surface area contributed by atoms with Crippen molar-refractivity contribution >= 4 is 22.8 Å². The lowest BCUT2D eigenvalue weighted by atomic mass is 9.88. The number of hydrogen-bond acceptors (Lipinski definition) is 6. The molecule has 5 rings (SSSR count). The lowest BCUT2D eigenvalue weighted by Crippen LogP contribution is -2.25. The third kappa shape index (κ3) is 5.17. The molecule has 0 spiro atoms. The second-order valence-corrected chi connectivity index (χ2v) is 8.97. The van der Waals surface area contributed by atoms with Crippen LogP contribution >= 0.6 is 0 Å². The molecule has 0 aliphatic heterocycles. The average molecular weight is 483 g/mol. The van der Waals surface area contributed by atoms with Gasteiger partial charge in [0.05, 0.1) is 22.0 Å². The highest BCUT2D eigenvalue weighted by molar-refractivity contribution is 5.81. The Balaban J connectivity index is 1.39. The molecule has 0 N–H and O–H groups in total. The van der Waals surface area contributed by atoms with Crippen molar-refractivity contribution in [2.24, 2.45) is 5.10 Å². The van der Waals surface area contributed by atoms with E-state index in [2.05, 4.69) is 5.10 Å². The van der Waals surface area contributed by atoms with Crippen LogP contribution in [0.15, 0.2) is 82.7 Å². The van der Waals surface area contributed by atoms with Crippen molar-refractivity contribution in [3.8, 4) is 5.75 Å². The van der Waals surface area contributed by atoms with E-state index in [0.717, 1.165) is 42.6 Å². The van der Waals surface area contributed by atoms with Crippen LogP contribution in [0.25, 0.3) is 10.9 Å². The normalized spacial score (nSPS) is 14.3. The highest BCUT2D eigenvalue weighted by atomic mass is 16.6. The van der Waals surface area contributed by atoms with Crippen molar-refractivity contribution in [2.75, 3.05) is 0 Å². The number of non-ortho nitro benzene ring substituents is 1. The first-order valence-corrected chi connectivity index (χ1v) is 12.1. The van der Waals surface area contributed by atoms with E-state index in [9.17, 15) is 14.9 Å². The van der Waals surface area contributed by atoms with Gasteiger partial charge >= 0.3 is 0 Å². The summed E-state index contributed by atoms with van der Waals surface area (Å²) in [6.45, 7) is 0.276. The fourth-order valence-electron chi connectivity index (χ4n) is 4.57. The van der Waals surface area contributed by atoms with Crippen molar-refractivity contribution in [3.05, 3.63) is 110 Å². The van der Waals surface area contributed by atoms with Crippen molar-refractivity contribution in [3.63, 3.8) is 0 Å². The van der Waals surface area contributed by atoms with Gasteiger partial charge in [0.2, 0.25) is 0 Å². The maximum absolute atomic E-state index is 13.3. The van der Waals surface area contributed by atoms with Crippen LogP contribution in [0.2, 0.25) is 0 Å². The SMILES string of the molecule is O=c1c2ccccc2nc(C2CCCCC2)n1N=Cc1cccc(OCc2ccc([N+](=O)[O-])cc2)c1. The first kappa shape index (κ1) is 23.4. The summed E-state index contributed by atoms with van der Waals surface area (Å²) in [7, 11) is 0. The Hall–Kier alpha value is -4.33. The van der Waals surface area contributed by atoms with Crippen LogP contribution in [0, 0.1) is 10.1 Å². The topological polar surface area (TPSA) is 99.6 Å². The van der Waals surface area contributed by atoms with Crippen LogP contribution in [-0.2, 0) is 6.61 Å². The molecular formula is C28H26N4O4. The molecule has 1 aromatic heterocycles. The van der Waals surface area contributed by atoms with Gasteiger partial charge in [0.25, 0.3) is 11.2 Å². The van der Waals surface area contributed by atoms with Crippen LogP contribution in [0.4, 0.5) is 5.69 Å². The lowest BCUT2D eigenvalue weighted by molar-refractivity contribution is -0.384.